The Morgan fingerprint density at radius 3 is 2.54 bits per heavy atom. The summed E-state index contributed by atoms with van der Waals surface area (Å²) in [6, 6.07) is 0. The number of allylic oxidation sites excluding steroid dienone is 3. The molecule has 0 aromatic heterocycles. The van der Waals surface area contributed by atoms with Crippen LogP contribution in [-0.4, -0.2) is 14.5 Å². The SMILES string of the molecule is C/C(=C\C(Br)=C/C(C)C)CS(=O)O. The molecule has 0 saturated heterocycles. The van der Waals surface area contributed by atoms with E-state index in [0.29, 0.717) is 5.92 Å². The molecule has 2 nitrogen and oxygen atoms in total. The van der Waals surface area contributed by atoms with Crippen LogP contribution in [0.1, 0.15) is 20.8 Å². The van der Waals surface area contributed by atoms with E-state index in [1.165, 1.54) is 0 Å². The maximum atomic E-state index is 10.4. The molecule has 0 fully saturated rings. The Morgan fingerprint density at radius 2 is 2.15 bits per heavy atom. The van der Waals surface area contributed by atoms with Crippen molar-refractivity contribution >= 4 is 27.0 Å². The molecule has 0 radical (unpaired) electrons. The second-order valence-corrected chi connectivity index (χ2v) is 5.10. The van der Waals surface area contributed by atoms with Gasteiger partial charge < -0.3 is 4.55 Å². The van der Waals surface area contributed by atoms with Gasteiger partial charge in [0.25, 0.3) is 0 Å². The second kappa shape index (κ2) is 6.51. The van der Waals surface area contributed by atoms with Crippen molar-refractivity contribution in [2.24, 2.45) is 5.92 Å². The molecule has 0 aromatic rings. The Morgan fingerprint density at radius 1 is 1.62 bits per heavy atom. The highest BCUT2D eigenvalue weighted by Crippen LogP contribution is 2.13. The standard InChI is InChI=1S/C9H15BrO2S/c1-7(2)4-9(10)5-8(3)6-13(11)12/h4-5,7H,6H2,1-3H3,(H,11,12)/b8-5+,9-4+. The van der Waals surface area contributed by atoms with Gasteiger partial charge in [0.2, 0.25) is 0 Å². The number of hydrogen-bond acceptors (Lipinski definition) is 1. The number of rotatable bonds is 4. The first-order valence-electron chi connectivity index (χ1n) is 4.03. The monoisotopic (exact) mass is 266 g/mol. The lowest BCUT2D eigenvalue weighted by Gasteiger charge is -1.98. The van der Waals surface area contributed by atoms with Gasteiger partial charge in [0.1, 0.15) is 0 Å². The highest BCUT2D eigenvalue weighted by Gasteiger charge is 1.97. The van der Waals surface area contributed by atoms with Gasteiger partial charge in [-0.1, -0.05) is 41.4 Å². The number of hydrogen-bond donors (Lipinski definition) is 1. The fourth-order valence-electron chi connectivity index (χ4n) is 0.838. The summed E-state index contributed by atoms with van der Waals surface area (Å²) >= 11 is 1.63. The van der Waals surface area contributed by atoms with Crippen LogP contribution in [0.4, 0.5) is 0 Å². The van der Waals surface area contributed by atoms with Crippen LogP contribution in [0.5, 0.6) is 0 Å². The first kappa shape index (κ1) is 13.1. The molecule has 0 bridgehead atoms. The van der Waals surface area contributed by atoms with Crippen LogP contribution in [-0.2, 0) is 11.1 Å². The van der Waals surface area contributed by atoms with Crippen molar-refractivity contribution in [1.82, 2.24) is 0 Å². The van der Waals surface area contributed by atoms with Crippen molar-refractivity contribution in [1.29, 1.82) is 0 Å². The van der Waals surface area contributed by atoms with Gasteiger partial charge in [-0.3, -0.25) is 0 Å². The van der Waals surface area contributed by atoms with Crippen molar-refractivity contribution in [3.8, 4) is 0 Å². The van der Waals surface area contributed by atoms with E-state index in [0.717, 1.165) is 10.1 Å². The van der Waals surface area contributed by atoms with Gasteiger partial charge in [0.05, 0.1) is 5.75 Å². The van der Waals surface area contributed by atoms with Crippen LogP contribution in [0.25, 0.3) is 0 Å². The molecular formula is C9H15BrO2S. The maximum Gasteiger partial charge on any atom is 0.156 e. The third-order valence-corrected chi connectivity index (χ3v) is 2.42. The molecule has 1 atom stereocenters. The van der Waals surface area contributed by atoms with Crippen molar-refractivity contribution in [3.63, 3.8) is 0 Å². The van der Waals surface area contributed by atoms with Crippen LogP contribution in [0, 0.1) is 5.92 Å². The summed E-state index contributed by atoms with van der Waals surface area (Å²) in [6.45, 7) is 5.99. The Bertz CT molecular complexity index is 244. The van der Waals surface area contributed by atoms with Crippen molar-refractivity contribution in [3.05, 3.63) is 22.2 Å². The molecule has 0 heterocycles. The van der Waals surface area contributed by atoms with Gasteiger partial charge in [0.15, 0.2) is 11.1 Å². The smallest absolute Gasteiger partial charge is 0.156 e. The third kappa shape index (κ3) is 8.40. The predicted octanol–water partition coefficient (Wildman–Crippen LogP) is 3.09. The Kier molecular flexibility index (Phi) is 6.55. The minimum atomic E-state index is -1.74. The van der Waals surface area contributed by atoms with E-state index in [9.17, 15) is 4.21 Å². The highest BCUT2D eigenvalue weighted by molar-refractivity contribution is 9.11. The van der Waals surface area contributed by atoms with Crippen molar-refractivity contribution in [2.45, 2.75) is 20.8 Å². The molecule has 0 aromatic carbocycles. The van der Waals surface area contributed by atoms with E-state index in [2.05, 4.69) is 29.8 Å². The largest absolute Gasteiger partial charge is 0.306 e. The lowest BCUT2D eigenvalue weighted by Crippen LogP contribution is -1.95. The zero-order valence-corrected chi connectivity index (χ0v) is 10.5. The Hall–Kier alpha value is 0.0700. The van der Waals surface area contributed by atoms with Crippen molar-refractivity contribution in [2.75, 3.05) is 5.75 Å². The topological polar surface area (TPSA) is 37.3 Å². The summed E-state index contributed by atoms with van der Waals surface area (Å²) in [5.74, 6) is 0.680. The predicted molar refractivity (Wildman–Crippen MR) is 61.2 cm³/mol. The highest BCUT2D eigenvalue weighted by atomic mass is 79.9. The van der Waals surface area contributed by atoms with E-state index in [1.54, 1.807) is 0 Å². The van der Waals surface area contributed by atoms with Crippen LogP contribution in [0.15, 0.2) is 22.2 Å². The molecule has 0 aliphatic heterocycles. The summed E-state index contributed by atoms with van der Waals surface area (Å²) in [5.41, 5.74) is 0.893. The van der Waals surface area contributed by atoms with E-state index in [1.807, 2.05) is 19.1 Å². The fourth-order valence-corrected chi connectivity index (χ4v) is 2.23. The van der Waals surface area contributed by atoms with Crippen LogP contribution < -0.4 is 0 Å². The van der Waals surface area contributed by atoms with Crippen LogP contribution in [0.3, 0.4) is 0 Å². The van der Waals surface area contributed by atoms with Gasteiger partial charge in [-0.25, -0.2) is 4.21 Å². The average Bonchev–Trinajstić information content (AvgIpc) is 1.80. The molecule has 0 spiro atoms. The first-order chi connectivity index (χ1) is 5.91. The number of halogens is 1. The zero-order chi connectivity index (χ0) is 10.4. The zero-order valence-electron chi connectivity index (χ0n) is 8.08. The van der Waals surface area contributed by atoms with Crippen LogP contribution >= 0.6 is 15.9 Å². The summed E-state index contributed by atoms with van der Waals surface area (Å²) < 4.78 is 20.0. The van der Waals surface area contributed by atoms with Crippen molar-refractivity contribution < 1.29 is 8.76 Å². The molecule has 76 valence electrons. The summed E-state index contributed by atoms with van der Waals surface area (Å²) in [7, 11) is 0. The third-order valence-electron chi connectivity index (χ3n) is 1.23. The van der Waals surface area contributed by atoms with Gasteiger partial charge in [0, 0.05) is 4.48 Å². The lowest BCUT2D eigenvalue weighted by atomic mass is 10.2. The maximum absolute atomic E-state index is 10.4. The quantitative estimate of drug-likeness (QED) is 0.627. The van der Waals surface area contributed by atoms with Crippen LogP contribution in [0.2, 0.25) is 0 Å². The van der Waals surface area contributed by atoms with Gasteiger partial charge in [-0.2, -0.15) is 0 Å². The molecule has 4 heteroatoms. The van der Waals surface area contributed by atoms with E-state index < -0.39 is 11.1 Å². The molecule has 13 heavy (non-hydrogen) atoms. The minimum absolute atomic E-state index is 0.209. The second-order valence-electron chi connectivity index (χ2n) is 3.25. The minimum Gasteiger partial charge on any atom is -0.306 e. The van der Waals surface area contributed by atoms with E-state index >= 15 is 0 Å². The molecule has 0 aliphatic carbocycles. The Balaban J connectivity index is 4.29. The lowest BCUT2D eigenvalue weighted by molar-refractivity contribution is 0.566. The molecule has 0 amide bonds. The summed E-state index contributed by atoms with van der Waals surface area (Å²) in [4.78, 5) is 0. The first-order valence-corrected chi connectivity index (χ1v) is 6.10. The molecule has 1 N–H and O–H groups in total. The van der Waals surface area contributed by atoms with Gasteiger partial charge >= 0.3 is 0 Å². The van der Waals surface area contributed by atoms with Gasteiger partial charge in [-0.15, -0.1) is 0 Å². The van der Waals surface area contributed by atoms with Gasteiger partial charge in [-0.05, 0) is 18.9 Å². The molecule has 0 saturated carbocycles. The molecule has 1 unspecified atom stereocenters. The van der Waals surface area contributed by atoms with E-state index in [-0.39, 0.29) is 5.75 Å². The normalized spacial score (nSPS) is 16.5. The van der Waals surface area contributed by atoms with E-state index in [4.69, 9.17) is 4.55 Å². The Labute approximate surface area is 90.5 Å². The molecule has 0 rings (SSSR count). The summed E-state index contributed by atoms with van der Waals surface area (Å²) in [5, 5.41) is 0. The molecule has 0 aliphatic rings. The summed E-state index contributed by atoms with van der Waals surface area (Å²) in [6.07, 6.45) is 3.91. The molecular weight excluding hydrogens is 252 g/mol. The fraction of sp³-hybridized carbons (Fsp3) is 0.556. The average molecular weight is 267 g/mol.